The van der Waals surface area contributed by atoms with E-state index in [0.29, 0.717) is 23.2 Å². The van der Waals surface area contributed by atoms with Crippen LogP contribution in [-0.4, -0.2) is 66.5 Å². The number of nitrogens with one attached hydrogen (secondary N) is 3. The second kappa shape index (κ2) is 13.3. The molecule has 3 N–H and O–H groups in total. The summed E-state index contributed by atoms with van der Waals surface area (Å²) in [5.41, 5.74) is 0.123. The van der Waals surface area contributed by atoms with Gasteiger partial charge in [0.25, 0.3) is 5.91 Å². The summed E-state index contributed by atoms with van der Waals surface area (Å²) in [7, 11) is 2.99. The van der Waals surface area contributed by atoms with Crippen molar-refractivity contribution < 1.29 is 32.2 Å². The van der Waals surface area contributed by atoms with E-state index in [9.17, 15) is 27.6 Å². The average molecular weight is 645 g/mol. The number of alkyl halides is 3. The summed E-state index contributed by atoms with van der Waals surface area (Å²) in [6.07, 6.45) is 0.0934. The Morgan fingerprint density at radius 2 is 1.87 bits per heavy atom. The van der Waals surface area contributed by atoms with Gasteiger partial charge in [-0.1, -0.05) is 6.07 Å². The predicted molar refractivity (Wildman–Crippen MR) is 164 cm³/mol. The van der Waals surface area contributed by atoms with Crippen LogP contribution < -0.4 is 21.4 Å². The number of ether oxygens (including phenoxy) is 2. The summed E-state index contributed by atoms with van der Waals surface area (Å²) in [5.74, 6) is -0.479. The van der Waals surface area contributed by atoms with E-state index in [1.165, 1.54) is 26.5 Å². The van der Waals surface area contributed by atoms with E-state index in [-0.39, 0.29) is 46.6 Å². The lowest BCUT2D eigenvalue weighted by molar-refractivity contribution is -0.140. The van der Waals surface area contributed by atoms with Crippen LogP contribution >= 0.6 is 11.3 Å². The van der Waals surface area contributed by atoms with Crippen LogP contribution in [0.4, 0.5) is 23.8 Å². The minimum atomic E-state index is -4.65. The Kier molecular flexibility index (Phi) is 9.51. The molecule has 3 amide bonds. The molecular weight excluding hydrogens is 613 g/mol. The van der Waals surface area contributed by atoms with Gasteiger partial charge in [-0.2, -0.15) is 13.2 Å². The van der Waals surface area contributed by atoms with Gasteiger partial charge in [0.1, 0.15) is 16.4 Å². The first-order valence-electron chi connectivity index (χ1n) is 14.1. The van der Waals surface area contributed by atoms with Gasteiger partial charge in [0, 0.05) is 61.1 Å². The molecule has 0 radical (unpaired) electrons. The molecule has 238 valence electrons. The van der Waals surface area contributed by atoms with Crippen LogP contribution in [0.1, 0.15) is 41.9 Å². The number of hydrogen-bond acceptors (Lipinski definition) is 8. The highest BCUT2D eigenvalue weighted by Gasteiger charge is 2.34. The van der Waals surface area contributed by atoms with Crippen LogP contribution in [0.3, 0.4) is 0 Å². The average Bonchev–Trinajstić information content (AvgIpc) is 3.71. The fourth-order valence-corrected chi connectivity index (χ4v) is 5.77. The predicted octanol–water partition coefficient (Wildman–Crippen LogP) is 5.07. The molecule has 11 nitrogen and oxygen atoms in total. The molecule has 1 saturated carbocycles. The molecule has 1 aromatic carbocycles. The lowest BCUT2D eigenvalue weighted by Gasteiger charge is -2.18. The molecule has 1 fully saturated rings. The zero-order valence-electron chi connectivity index (χ0n) is 24.7. The Labute approximate surface area is 259 Å². The van der Waals surface area contributed by atoms with E-state index in [1.807, 2.05) is 4.57 Å². The van der Waals surface area contributed by atoms with Crippen molar-refractivity contribution in [1.82, 2.24) is 25.2 Å². The molecule has 0 unspecified atom stereocenters. The maximum Gasteiger partial charge on any atom is 0.434 e. The lowest BCUT2D eigenvalue weighted by atomic mass is 9.99. The van der Waals surface area contributed by atoms with Crippen molar-refractivity contribution in [3.05, 3.63) is 63.5 Å². The molecule has 1 aliphatic carbocycles. The molecule has 5 rings (SSSR count). The first kappa shape index (κ1) is 32.1. The molecule has 0 saturated heterocycles. The van der Waals surface area contributed by atoms with Crippen LogP contribution in [-0.2, 0) is 15.7 Å². The van der Waals surface area contributed by atoms with Crippen molar-refractivity contribution in [3.63, 3.8) is 0 Å². The van der Waals surface area contributed by atoms with Gasteiger partial charge in [-0.3, -0.25) is 14.9 Å². The number of pyridine rings is 2. The van der Waals surface area contributed by atoms with E-state index in [1.54, 1.807) is 31.3 Å². The first-order chi connectivity index (χ1) is 21.5. The summed E-state index contributed by atoms with van der Waals surface area (Å²) in [5, 5.41) is 9.15. The highest BCUT2D eigenvalue weighted by Crippen LogP contribution is 2.40. The summed E-state index contributed by atoms with van der Waals surface area (Å²) >= 11 is 0.791. The number of benzene rings is 1. The number of aromatic nitrogens is 3. The highest BCUT2D eigenvalue weighted by molar-refractivity contribution is 7.13. The topological polar surface area (TPSA) is 136 Å². The summed E-state index contributed by atoms with van der Waals surface area (Å²) in [4.78, 5) is 47.4. The van der Waals surface area contributed by atoms with Gasteiger partial charge in [0.2, 0.25) is 5.43 Å². The van der Waals surface area contributed by atoms with E-state index < -0.39 is 35.3 Å². The van der Waals surface area contributed by atoms with Crippen molar-refractivity contribution in [3.8, 4) is 21.7 Å². The Hall–Kier alpha value is -4.34. The van der Waals surface area contributed by atoms with Crippen molar-refractivity contribution >= 4 is 40.0 Å². The van der Waals surface area contributed by atoms with Crippen LogP contribution in [0.15, 0.2) is 46.8 Å². The number of amides is 3. The highest BCUT2D eigenvalue weighted by atomic mass is 32.1. The molecule has 0 spiro atoms. The van der Waals surface area contributed by atoms with Gasteiger partial charge in [-0.15, -0.1) is 11.3 Å². The Bertz CT molecular complexity index is 1780. The maximum atomic E-state index is 13.8. The minimum Gasteiger partial charge on any atom is -0.382 e. The minimum absolute atomic E-state index is 0.0459. The quantitative estimate of drug-likeness (QED) is 0.207. The van der Waals surface area contributed by atoms with Crippen LogP contribution in [0.25, 0.3) is 32.6 Å². The number of nitrogens with zero attached hydrogens (tertiary/aromatic N) is 3. The molecule has 15 heteroatoms. The molecule has 0 bridgehead atoms. The molecule has 1 aliphatic rings. The second-order valence-corrected chi connectivity index (χ2v) is 11.3. The second-order valence-electron chi connectivity index (χ2n) is 10.5. The number of anilines is 1. The largest absolute Gasteiger partial charge is 0.434 e. The van der Waals surface area contributed by atoms with Crippen LogP contribution in [0.2, 0.25) is 0 Å². The Morgan fingerprint density at radius 1 is 1.13 bits per heavy atom. The molecule has 0 atom stereocenters. The van der Waals surface area contributed by atoms with E-state index >= 15 is 0 Å². The Balaban J connectivity index is 1.63. The number of halogens is 3. The molecule has 0 aliphatic heterocycles. The zero-order valence-corrected chi connectivity index (χ0v) is 25.5. The number of fused-ring (bicyclic) bond motifs is 1. The zero-order chi connectivity index (χ0) is 32.3. The lowest BCUT2D eigenvalue weighted by Crippen LogP contribution is -2.42. The Morgan fingerprint density at radius 3 is 2.49 bits per heavy atom. The molecule has 4 aromatic rings. The van der Waals surface area contributed by atoms with Crippen LogP contribution in [0, 0.1) is 0 Å². The van der Waals surface area contributed by atoms with Crippen LogP contribution in [0.5, 0.6) is 0 Å². The van der Waals surface area contributed by atoms with Crippen molar-refractivity contribution in [2.75, 3.05) is 39.3 Å². The normalized spacial score (nSPS) is 13.3. The van der Waals surface area contributed by atoms with Gasteiger partial charge in [-0.25, -0.2) is 14.8 Å². The van der Waals surface area contributed by atoms with E-state index in [2.05, 4.69) is 25.9 Å². The number of hydrogen-bond donors (Lipinski definition) is 3. The fraction of sp³-hybridized carbons (Fsp3) is 0.367. The molecule has 3 aromatic heterocycles. The SMILES string of the molecule is CCNC(=O)Nc1cc(-c2nc(C(F)(F)F)cs2)c(-c2ccc3c(c2)c(=O)c(C(=O)NC(COC)COC)cn3C2CC2)cn1. The number of urea groups is 1. The van der Waals surface area contributed by atoms with E-state index in [0.717, 1.165) is 29.6 Å². The van der Waals surface area contributed by atoms with Gasteiger partial charge in [0.15, 0.2) is 5.69 Å². The fourth-order valence-electron chi connectivity index (χ4n) is 4.92. The number of thiazole rings is 1. The smallest absolute Gasteiger partial charge is 0.382 e. The van der Waals surface area contributed by atoms with Gasteiger partial charge in [-0.05, 0) is 43.5 Å². The van der Waals surface area contributed by atoms with Crippen molar-refractivity contribution in [2.45, 2.75) is 38.0 Å². The first-order valence-corrected chi connectivity index (χ1v) is 15.0. The maximum absolute atomic E-state index is 13.8. The van der Waals surface area contributed by atoms with E-state index in [4.69, 9.17) is 9.47 Å². The van der Waals surface area contributed by atoms with Gasteiger partial charge < -0.3 is 24.7 Å². The third kappa shape index (κ3) is 7.16. The number of rotatable bonds is 11. The molecule has 45 heavy (non-hydrogen) atoms. The number of carbonyl (C=O) groups is 2. The van der Waals surface area contributed by atoms with Gasteiger partial charge in [0.05, 0.1) is 24.8 Å². The molecule has 3 heterocycles. The number of carbonyl (C=O) groups excluding carboxylic acids is 2. The summed E-state index contributed by atoms with van der Waals surface area (Å²) in [6.45, 7) is 2.45. The van der Waals surface area contributed by atoms with Crippen molar-refractivity contribution in [2.24, 2.45) is 0 Å². The number of methoxy groups -OCH3 is 2. The summed E-state index contributed by atoms with van der Waals surface area (Å²) in [6, 6.07) is 5.63. The van der Waals surface area contributed by atoms with Crippen molar-refractivity contribution in [1.29, 1.82) is 0 Å². The monoisotopic (exact) mass is 644 g/mol. The standard InChI is InChI=1S/C30H31F3N6O5S/c1-4-34-29(42)38-25-10-19(28-37-24(15-45-28)30(31,32)33)21(11-35-25)16-5-8-23-20(9-16)26(40)22(12-39(23)18-6-7-18)27(41)36-17(13-43-2)14-44-3/h5,8-12,15,17-18H,4,6-7,13-14H2,1-3H3,(H,36,41)(H2,34,35,38,42). The molecular formula is C30H31F3N6O5S. The third-order valence-electron chi connectivity index (χ3n) is 7.11. The third-order valence-corrected chi connectivity index (χ3v) is 7.98. The summed E-state index contributed by atoms with van der Waals surface area (Å²) < 4.78 is 52.6. The van der Waals surface area contributed by atoms with Gasteiger partial charge >= 0.3 is 12.2 Å².